The summed E-state index contributed by atoms with van der Waals surface area (Å²) >= 11 is 1.71. The first-order valence-corrected chi connectivity index (χ1v) is 8.63. The largest absolute Gasteiger partial charge is 0.325 e. The van der Waals surface area contributed by atoms with Crippen molar-refractivity contribution in [2.75, 3.05) is 5.32 Å². The molecule has 3 heteroatoms. The molecular weight excluding hydrogens is 278 g/mol. The third kappa shape index (κ3) is 2.40. The van der Waals surface area contributed by atoms with Gasteiger partial charge in [-0.3, -0.25) is 4.79 Å². The second-order valence-corrected chi connectivity index (χ2v) is 7.24. The molecule has 3 unspecified atom stereocenters. The van der Waals surface area contributed by atoms with E-state index in [-0.39, 0.29) is 11.8 Å². The lowest BCUT2D eigenvalue weighted by atomic mass is 9.88. The van der Waals surface area contributed by atoms with Crippen LogP contribution in [0.15, 0.2) is 41.8 Å². The van der Waals surface area contributed by atoms with Gasteiger partial charge in [-0.15, -0.1) is 11.3 Å². The van der Waals surface area contributed by atoms with Crippen molar-refractivity contribution in [3.05, 3.63) is 41.8 Å². The Morgan fingerprint density at radius 1 is 1.10 bits per heavy atom. The van der Waals surface area contributed by atoms with Gasteiger partial charge in [-0.25, -0.2) is 0 Å². The summed E-state index contributed by atoms with van der Waals surface area (Å²) in [6, 6.07) is 12.3. The monoisotopic (exact) mass is 297 g/mol. The van der Waals surface area contributed by atoms with Crippen LogP contribution in [0.2, 0.25) is 0 Å². The zero-order valence-electron chi connectivity index (χ0n) is 11.9. The molecule has 1 aromatic heterocycles. The second-order valence-electron chi connectivity index (χ2n) is 6.29. The number of para-hydroxylation sites is 1. The lowest BCUT2D eigenvalue weighted by Gasteiger charge is -2.21. The molecule has 2 fully saturated rings. The molecule has 0 aliphatic heterocycles. The fourth-order valence-electron chi connectivity index (χ4n) is 4.03. The highest BCUT2D eigenvalue weighted by Gasteiger charge is 2.43. The van der Waals surface area contributed by atoms with Crippen molar-refractivity contribution in [1.29, 1.82) is 0 Å². The van der Waals surface area contributed by atoms with Gasteiger partial charge < -0.3 is 5.32 Å². The number of anilines is 1. The van der Waals surface area contributed by atoms with E-state index in [9.17, 15) is 4.79 Å². The summed E-state index contributed by atoms with van der Waals surface area (Å²) in [5.41, 5.74) is 2.08. The van der Waals surface area contributed by atoms with E-state index in [0.717, 1.165) is 23.6 Å². The van der Waals surface area contributed by atoms with Gasteiger partial charge in [-0.1, -0.05) is 30.7 Å². The average molecular weight is 297 g/mol. The first-order chi connectivity index (χ1) is 10.3. The number of carbonyl (C=O) groups is 1. The maximum atomic E-state index is 12.6. The van der Waals surface area contributed by atoms with E-state index in [4.69, 9.17) is 0 Å². The summed E-state index contributed by atoms with van der Waals surface area (Å²) in [7, 11) is 0. The lowest BCUT2D eigenvalue weighted by molar-refractivity contribution is -0.121. The van der Waals surface area contributed by atoms with Gasteiger partial charge in [0.05, 0.1) is 0 Å². The van der Waals surface area contributed by atoms with Crippen LogP contribution in [0.3, 0.4) is 0 Å². The Balaban J connectivity index is 1.56. The molecule has 1 amide bonds. The normalized spacial score (nSPS) is 27.0. The molecule has 21 heavy (non-hydrogen) atoms. The standard InChI is InChI=1S/C18H19NOS/c20-18(15-11-12-7-8-13(15)10-12)19-16-5-2-1-4-14(16)17-6-3-9-21-17/h1-6,9,12-13,15H,7-8,10-11H2,(H,19,20). The number of nitrogens with one attached hydrogen (secondary N) is 1. The quantitative estimate of drug-likeness (QED) is 0.867. The van der Waals surface area contributed by atoms with E-state index in [1.165, 1.54) is 24.1 Å². The van der Waals surface area contributed by atoms with Crippen LogP contribution in [0.25, 0.3) is 10.4 Å². The molecule has 2 nitrogen and oxygen atoms in total. The van der Waals surface area contributed by atoms with Crippen LogP contribution < -0.4 is 5.32 Å². The zero-order chi connectivity index (χ0) is 14.2. The number of fused-ring (bicyclic) bond motifs is 2. The minimum atomic E-state index is 0.228. The molecule has 4 rings (SSSR count). The van der Waals surface area contributed by atoms with E-state index < -0.39 is 0 Å². The fraction of sp³-hybridized carbons (Fsp3) is 0.389. The molecule has 1 aromatic carbocycles. The summed E-state index contributed by atoms with van der Waals surface area (Å²) in [6.45, 7) is 0. The highest BCUT2D eigenvalue weighted by atomic mass is 32.1. The minimum Gasteiger partial charge on any atom is -0.325 e. The number of thiophene rings is 1. The Morgan fingerprint density at radius 2 is 2.00 bits per heavy atom. The smallest absolute Gasteiger partial charge is 0.227 e. The number of hydrogen-bond donors (Lipinski definition) is 1. The number of carbonyl (C=O) groups excluding carboxylic acids is 1. The third-order valence-corrected chi connectivity index (χ3v) is 5.95. The van der Waals surface area contributed by atoms with E-state index in [2.05, 4.69) is 28.9 Å². The highest BCUT2D eigenvalue weighted by Crippen LogP contribution is 2.48. The van der Waals surface area contributed by atoms with Gasteiger partial charge in [0.25, 0.3) is 0 Å². The van der Waals surface area contributed by atoms with Crippen molar-refractivity contribution in [2.24, 2.45) is 17.8 Å². The lowest BCUT2D eigenvalue weighted by Crippen LogP contribution is -2.27. The van der Waals surface area contributed by atoms with Gasteiger partial charge in [0.1, 0.15) is 0 Å². The summed E-state index contributed by atoms with van der Waals surface area (Å²) in [6.07, 6.45) is 4.94. The van der Waals surface area contributed by atoms with E-state index >= 15 is 0 Å². The molecule has 1 N–H and O–H groups in total. The molecule has 0 spiro atoms. The van der Waals surface area contributed by atoms with Crippen LogP contribution in [-0.4, -0.2) is 5.91 Å². The maximum absolute atomic E-state index is 12.6. The van der Waals surface area contributed by atoms with Gasteiger partial charge in [0.15, 0.2) is 0 Å². The van der Waals surface area contributed by atoms with Crippen LogP contribution in [0.4, 0.5) is 5.69 Å². The van der Waals surface area contributed by atoms with Crippen LogP contribution in [-0.2, 0) is 4.79 Å². The van der Waals surface area contributed by atoms with Crippen LogP contribution >= 0.6 is 11.3 Å². The Hall–Kier alpha value is -1.61. The van der Waals surface area contributed by atoms with Gasteiger partial charge in [0.2, 0.25) is 5.91 Å². The summed E-state index contributed by atoms with van der Waals surface area (Å²) < 4.78 is 0. The number of rotatable bonds is 3. The van der Waals surface area contributed by atoms with Crippen molar-refractivity contribution >= 4 is 22.9 Å². The molecule has 2 aliphatic carbocycles. The van der Waals surface area contributed by atoms with Crippen molar-refractivity contribution < 1.29 is 4.79 Å². The Kier molecular flexibility index (Phi) is 3.30. The predicted molar refractivity (Wildman–Crippen MR) is 87.3 cm³/mol. The van der Waals surface area contributed by atoms with E-state index in [0.29, 0.717) is 5.92 Å². The van der Waals surface area contributed by atoms with Crippen molar-refractivity contribution in [1.82, 2.24) is 0 Å². The molecular formula is C18H19NOS. The van der Waals surface area contributed by atoms with Crippen molar-refractivity contribution in [3.8, 4) is 10.4 Å². The Labute approximate surface area is 129 Å². The van der Waals surface area contributed by atoms with Crippen LogP contribution in [0.1, 0.15) is 25.7 Å². The average Bonchev–Trinajstić information content (AvgIpc) is 3.25. The summed E-state index contributed by atoms with van der Waals surface area (Å²) in [5, 5.41) is 5.27. The van der Waals surface area contributed by atoms with Crippen LogP contribution in [0, 0.1) is 17.8 Å². The topological polar surface area (TPSA) is 29.1 Å². The number of hydrogen-bond acceptors (Lipinski definition) is 2. The van der Waals surface area contributed by atoms with E-state index in [1.807, 2.05) is 18.2 Å². The van der Waals surface area contributed by atoms with Gasteiger partial charge in [-0.05, 0) is 48.6 Å². The molecule has 2 aliphatic rings. The van der Waals surface area contributed by atoms with Crippen LogP contribution in [0.5, 0.6) is 0 Å². The Bertz CT molecular complexity index is 649. The van der Waals surface area contributed by atoms with Gasteiger partial charge in [0, 0.05) is 22.0 Å². The van der Waals surface area contributed by atoms with E-state index in [1.54, 1.807) is 11.3 Å². The zero-order valence-corrected chi connectivity index (χ0v) is 12.7. The third-order valence-electron chi connectivity index (χ3n) is 5.05. The SMILES string of the molecule is O=C(Nc1ccccc1-c1cccs1)C1CC2CCC1C2. The number of benzene rings is 1. The number of amides is 1. The molecule has 108 valence electrons. The molecule has 3 atom stereocenters. The fourth-order valence-corrected chi connectivity index (χ4v) is 4.80. The van der Waals surface area contributed by atoms with Gasteiger partial charge in [-0.2, -0.15) is 0 Å². The Morgan fingerprint density at radius 3 is 2.71 bits per heavy atom. The summed E-state index contributed by atoms with van der Waals surface area (Å²) in [5.74, 6) is 1.90. The molecule has 2 aromatic rings. The maximum Gasteiger partial charge on any atom is 0.227 e. The molecule has 0 saturated heterocycles. The molecule has 2 bridgehead atoms. The molecule has 2 saturated carbocycles. The first-order valence-electron chi connectivity index (χ1n) is 7.75. The second kappa shape index (κ2) is 5.30. The molecule has 0 radical (unpaired) electrons. The molecule has 1 heterocycles. The first kappa shape index (κ1) is 13.1. The summed E-state index contributed by atoms with van der Waals surface area (Å²) in [4.78, 5) is 13.8. The predicted octanol–water partition coefficient (Wildman–Crippen LogP) is 4.79. The van der Waals surface area contributed by atoms with Gasteiger partial charge >= 0.3 is 0 Å². The highest BCUT2D eigenvalue weighted by molar-refractivity contribution is 7.13. The minimum absolute atomic E-state index is 0.228. The van der Waals surface area contributed by atoms with Crippen molar-refractivity contribution in [3.63, 3.8) is 0 Å². The van der Waals surface area contributed by atoms with Crippen molar-refractivity contribution in [2.45, 2.75) is 25.7 Å².